The number of hydrogen-bond donors (Lipinski definition) is 1. The summed E-state index contributed by atoms with van der Waals surface area (Å²) in [6.45, 7) is 1.05. The molecule has 0 spiro atoms. The maximum Gasteiger partial charge on any atom is 0.257 e. The fraction of sp³-hybridized carbons (Fsp3) is 0.556. The van der Waals surface area contributed by atoms with E-state index in [4.69, 9.17) is 4.42 Å². The molecule has 2 fully saturated rings. The molecule has 3 heterocycles. The van der Waals surface area contributed by atoms with Gasteiger partial charge in [-0.2, -0.15) is 4.31 Å². The molecule has 164 valence electrons. The van der Waals surface area contributed by atoms with Crippen LogP contribution in [-0.4, -0.2) is 68.4 Å². The Balaban J connectivity index is 1.40. The first kappa shape index (κ1) is 21.6. The smallest absolute Gasteiger partial charge is 0.257 e. The van der Waals surface area contributed by atoms with Gasteiger partial charge in [0, 0.05) is 19.1 Å². The number of sulfonamides is 1. The molecule has 1 aromatic heterocycles. The summed E-state index contributed by atoms with van der Waals surface area (Å²) in [7, 11) is -6.62. The number of benzene rings is 1. The number of sulfone groups is 1. The van der Waals surface area contributed by atoms with Crippen LogP contribution in [0.4, 0.5) is 0 Å². The Kier molecular flexibility index (Phi) is 6.11. The summed E-state index contributed by atoms with van der Waals surface area (Å²) < 4.78 is 55.7. The number of nitrogens with one attached hydrogen (secondary N) is 1. The summed E-state index contributed by atoms with van der Waals surface area (Å²) in [6, 6.07) is 4.23. The van der Waals surface area contributed by atoms with Gasteiger partial charge in [0.05, 0.1) is 22.2 Å². The van der Waals surface area contributed by atoms with Crippen LogP contribution in [0.25, 0.3) is 11.1 Å². The first-order valence-corrected chi connectivity index (χ1v) is 14.0. The number of carbonyl (C=O) groups excluding carboxylic acids is 1. The predicted molar refractivity (Wildman–Crippen MR) is 113 cm³/mol. The minimum Gasteiger partial charge on any atom is -0.431 e. The topological polar surface area (TPSA) is 127 Å². The van der Waals surface area contributed by atoms with Gasteiger partial charge in [0.2, 0.25) is 15.9 Å². The number of rotatable bonds is 6. The maximum atomic E-state index is 12.8. The van der Waals surface area contributed by atoms with Gasteiger partial charge in [-0.25, -0.2) is 21.8 Å². The van der Waals surface area contributed by atoms with Crippen molar-refractivity contribution in [3.05, 3.63) is 18.2 Å². The highest BCUT2D eigenvalue weighted by Crippen LogP contribution is 2.27. The van der Waals surface area contributed by atoms with Crippen molar-refractivity contribution < 1.29 is 26.0 Å². The minimum absolute atomic E-state index is 0.0272. The van der Waals surface area contributed by atoms with Crippen LogP contribution in [0.5, 0.6) is 0 Å². The summed E-state index contributed by atoms with van der Waals surface area (Å²) >= 11 is 1.08. The first-order chi connectivity index (χ1) is 14.2. The summed E-state index contributed by atoms with van der Waals surface area (Å²) in [6.07, 6.45) is 3.19. The molecule has 30 heavy (non-hydrogen) atoms. The van der Waals surface area contributed by atoms with E-state index >= 15 is 0 Å². The molecule has 1 aromatic carbocycles. The molecule has 4 rings (SSSR count). The number of nitrogens with zero attached hydrogens (tertiary/aromatic N) is 2. The molecule has 2 aliphatic heterocycles. The van der Waals surface area contributed by atoms with Crippen molar-refractivity contribution in [3.8, 4) is 0 Å². The Morgan fingerprint density at radius 1 is 1.27 bits per heavy atom. The summed E-state index contributed by atoms with van der Waals surface area (Å²) in [5.41, 5.74) is 0.857. The quantitative estimate of drug-likeness (QED) is 0.624. The van der Waals surface area contributed by atoms with E-state index in [-0.39, 0.29) is 39.3 Å². The average molecular weight is 474 g/mol. The molecule has 2 saturated heterocycles. The van der Waals surface area contributed by atoms with E-state index in [1.54, 1.807) is 6.07 Å². The van der Waals surface area contributed by atoms with E-state index in [0.717, 1.165) is 31.0 Å². The number of thioether (sulfide) groups is 1. The number of oxazole rings is 1. The van der Waals surface area contributed by atoms with Gasteiger partial charge in [0.25, 0.3) is 5.22 Å². The molecular weight excluding hydrogens is 450 g/mol. The molecule has 12 heteroatoms. The molecule has 0 aliphatic carbocycles. The lowest BCUT2D eigenvalue weighted by atomic mass is 10.2. The SMILES string of the molecule is O=C(CSc1nc2cc(S(=O)(=O)N3CCCCC3)ccc2o1)NC1CCS(=O)(=O)C1. The highest BCUT2D eigenvalue weighted by molar-refractivity contribution is 7.99. The summed E-state index contributed by atoms with van der Waals surface area (Å²) in [5, 5.41) is 2.97. The van der Waals surface area contributed by atoms with Crippen molar-refractivity contribution in [3.63, 3.8) is 0 Å². The third-order valence-electron chi connectivity index (χ3n) is 5.22. The first-order valence-electron chi connectivity index (χ1n) is 9.76. The molecule has 1 amide bonds. The number of amides is 1. The maximum absolute atomic E-state index is 12.8. The molecule has 2 aliphatic rings. The van der Waals surface area contributed by atoms with Crippen LogP contribution in [0.2, 0.25) is 0 Å². The zero-order chi connectivity index (χ0) is 21.4. The van der Waals surface area contributed by atoms with E-state index in [2.05, 4.69) is 10.3 Å². The lowest BCUT2D eigenvalue weighted by Crippen LogP contribution is -2.36. The highest BCUT2D eigenvalue weighted by atomic mass is 32.2. The van der Waals surface area contributed by atoms with Crippen LogP contribution in [0, 0.1) is 0 Å². The van der Waals surface area contributed by atoms with Crippen molar-refractivity contribution >= 4 is 48.6 Å². The summed E-state index contributed by atoms with van der Waals surface area (Å²) in [4.78, 5) is 16.6. The van der Waals surface area contributed by atoms with E-state index in [1.165, 1.54) is 16.4 Å². The molecule has 2 aromatic rings. The third kappa shape index (κ3) is 4.82. The average Bonchev–Trinajstić information content (AvgIpc) is 3.28. The number of piperidine rings is 1. The molecule has 1 unspecified atom stereocenters. The molecule has 1 N–H and O–H groups in total. The van der Waals surface area contributed by atoms with Gasteiger partial charge in [-0.15, -0.1) is 0 Å². The largest absolute Gasteiger partial charge is 0.431 e. The van der Waals surface area contributed by atoms with Gasteiger partial charge in [0.1, 0.15) is 5.52 Å². The van der Waals surface area contributed by atoms with Crippen LogP contribution in [0.1, 0.15) is 25.7 Å². The lowest BCUT2D eigenvalue weighted by Gasteiger charge is -2.25. The van der Waals surface area contributed by atoms with Gasteiger partial charge >= 0.3 is 0 Å². The van der Waals surface area contributed by atoms with E-state index < -0.39 is 19.9 Å². The van der Waals surface area contributed by atoms with Gasteiger partial charge in [0.15, 0.2) is 15.4 Å². The number of hydrogen-bond acceptors (Lipinski definition) is 8. The van der Waals surface area contributed by atoms with Crippen molar-refractivity contribution in [2.24, 2.45) is 0 Å². The third-order valence-corrected chi connectivity index (χ3v) is 9.71. The standard InChI is InChI=1S/C18H23N3O6S3/c22-17(19-13-6-9-29(23,24)12-13)11-28-18-20-15-10-14(4-5-16(15)27-18)30(25,26)21-7-2-1-3-8-21/h4-5,10,13H,1-3,6-9,11-12H2,(H,19,22). The number of aromatic nitrogens is 1. The van der Waals surface area contributed by atoms with E-state index in [0.29, 0.717) is 30.6 Å². The van der Waals surface area contributed by atoms with Crippen molar-refractivity contribution in [1.29, 1.82) is 0 Å². The molecule has 9 nitrogen and oxygen atoms in total. The van der Waals surface area contributed by atoms with Crippen LogP contribution in [0.3, 0.4) is 0 Å². The Morgan fingerprint density at radius 3 is 2.73 bits per heavy atom. The molecular formula is C18H23N3O6S3. The molecule has 0 bridgehead atoms. The van der Waals surface area contributed by atoms with Crippen LogP contribution in [-0.2, 0) is 24.7 Å². The fourth-order valence-corrected chi connectivity index (χ4v) is 7.53. The number of carbonyl (C=O) groups is 1. The highest BCUT2D eigenvalue weighted by Gasteiger charge is 2.29. The monoisotopic (exact) mass is 473 g/mol. The normalized spacial score (nSPS) is 22.3. The van der Waals surface area contributed by atoms with Crippen molar-refractivity contribution in [2.75, 3.05) is 30.3 Å². The minimum atomic E-state index is -3.56. The van der Waals surface area contributed by atoms with Gasteiger partial charge in [-0.05, 0) is 37.5 Å². The second-order valence-corrected chi connectivity index (χ2v) is 12.6. The Hall–Kier alpha value is -1.63. The van der Waals surface area contributed by atoms with Crippen molar-refractivity contribution in [2.45, 2.75) is 41.8 Å². The van der Waals surface area contributed by atoms with Gasteiger partial charge < -0.3 is 9.73 Å². The molecule has 0 saturated carbocycles. The van der Waals surface area contributed by atoms with Crippen molar-refractivity contribution in [1.82, 2.24) is 14.6 Å². The zero-order valence-corrected chi connectivity index (χ0v) is 18.7. The Morgan fingerprint density at radius 2 is 2.03 bits per heavy atom. The zero-order valence-electron chi connectivity index (χ0n) is 16.2. The fourth-order valence-electron chi connectivity index (χ4n) is 3.67. The summed E-state index contributed by atoms with van der Waals surface area (Å²) in [5.74, 6) is -0.195. The number of fused-ring (bicyclic) bond motifs is 1. The van der Waals surface area contributed by atoms with E-state index in [9.17, 15) is 21.6 Å². The van der Waals surface area contributed by atoms with Crippen LogP contribution in [0.15, 0.2) is 32.7 Å². The lowest BCUT2D eigenvalue weighted by molar-refractivity contribution is -0.119. The molecule has 0 radical (unpaired) electrons. The second-order valence-electron chi connectivity index (χ2n) is 7.53. The Labute approximate surface area is 179 Å². The Bertz CT molecular complexity index is 1150. The predicted octanol–water partition coefficient (Wildman–Crippen LogP) is 1.40. The second kappa shape index (κ2) is 8.48. The van der Waals surface area contributed by atoms with Gasteiger partial charge in [-0.3, -0.25) is 4.79 Å². The van der Waals surface area contributed by atoms with Crippen LogP contribution >= 0.6 is 11.8 Å². The molecule has 1 atom stereocenters. The van der Waals surface area contributed by atoms with Gasteiger partial charge in [-0.1, -0.05) is 18.2 Å². The van der Waals surface area contributed by atoms with E-state index in [1.807, 2.05) is 0 Å². The van der Waals surface area contributed by atoms with Crippen LogP contribution < -0.4 is 5.32 Å².